The Morgan fingerprint density at radius 1 is 1.08 bits per heavy atom. The second-order valence-electron chi connectivity index (χ2n) is 8.64. The van der Waals surface area contributed by atoms with Crippen molar-refractivity contribution in [2.24, 2.45) is 0 Å². The molecule has 1 N–H and O–H groups in total. The molecule has 0 amide bonds. The number of ether oxygens (including phenoxy) is 1. The van der Waals surface area contributed by atoms with E-state index in [1.54, 1.807) is 34.5 Å². The molecule has 0 saturated heterocycles. The summed E-state index contributed by atoms with van der Waals surface area (Å²) in [5.41, 5.74) is 5.68. The zero-order valence-electron chi connectivity index (χ0n) is 19.8. The number of hydrogen-bond acceptors (Lipinski definition) is 5. The number of H-pyrrole nitrogens is 1. The van der Waals surface area contributed by atoms with Gasteiger partial charge in [-0.25, -0.2) is 8.91 Å². The minimum atomic E-state index is -0.308. The van der Waals surface area contributed by atoms with Crippen LogP contribution in [-0.2, 0) is 19.4 Å². The van der Waals surface area contributed by atoms with Crippen LogP contribution < -0.4 is 10.3 Å². The third kappa shape index (κ3) is 3.51. The van der Waals surface area contributed by atoms with Crippen LogP contribution in [0.4, 0.5) is 4.39 Å². The minimum Gasteiger partial charge on any atom is -0.497 e. The normalized spacial score (nSPS) is 11.6. The Kier molecular flexibility index (Phi) is 5.25. The molecule has 180 valence electrons. The van der Waals surface area contributed by atoms with Crippen molar-refractivity contribution < 1.29 is 9.13 Å². The van der Waals surface area contributed by atoms with Gasteiger partial charge in [0.1, 0.15) is 17.1 Å². The van der Waals surface area contributed by atoms with Gasteiger partial charge in [0.05, 0.1) is 18.4 Å². The first-order valence-electron chi connectivity index (χ1n) is 11.7. The molecule has 0 atom stereocenters. The first kappa shape index (κ1) is 22.0. The lowest BCUT2D eigenvalue weighted by Crippen LogP contribution is -2.22. The summed E-state index contributed by atoms with van der Waals surface area (Å²) in [6.07, 6.45) is 5.05. The highest BCUT2D eigenvalue weighted by molar-refractivity contribution is 5.85. The molecule has 4 aromatic heterocycles. The molecule has 0 aliphatic rings. The van der Waals surface area contributed by atoms with Gasteiger partial charge in [0.25, 0.3) is 5.56 Å². The number of aryl methyl sites for hydroxylation is 3. The van der Waals surface area contributed by atoms with E-state index in [1.807, 2.05) is 37.4 Å². The monoisotopic (exact) mass is 482 g/mol. The molecule has 6 rings (SSSR count). The average Bonchev–Trinajstić information content (AvgIpc) is 3.49. The fourth-order valence-electron chi connectivity index (χ4n) is 4.70. The van der Waals surface area contributed by atoms with Crippen molar-refractivity contribution in [1.29, 1.82) is 0 Å². The van der Waals surface area contributed by atoms with E-state index in [4.69, 9.17) is 9.84 Å². The lowest BCUT2D eigenvalue weighted by molar-refractivity contribution is 0.415. The Balaban J connectivity index is 1.39. The van der Waals surface area contributed by atoms with Crippen LogP contribution in [0.5, 0.6) is 5.75 Å². The minimum absolute atomic E-state index is 0.226. The zero-order chi connectivity index (χ0) is 24.8. The van der Waals surface area contributed by atoms with Crippen molar-refractivity contribution >= 4 is 27.6 Å². The summed E-state index contributed by atoms with van der Waals surface area (Å²) in [5.74, 6) is 0.480. The fraction of sp³-hybridized carbons (Fsp3) is 0.185. The molecule has 2 aromatic carbocycles. The van der Waals surface area contributed by atoms with Crippen LogP contribution in [0.15, 0.2) is 65.7 Å². The number of aromatic amines is 1. The first-order chi connectivity index (χ1) is 17.6. The molecule has 8 nitrogen and oxygen atoms in total. The second kappa shape index (κ2) is 8.60. The Morgan fingerprint density at radius 3 is 2.69 bits per heavy atom. The Bertz CT molecular complexity index is 1800. The predicted molar refractivity (Wildman–Crippen MR) is 136 cm³/mol. The molecule has 0 saturated carbocycles. The molecule has 4 heterocycles. The number of nitrogens with one attached hydrogen (secondary N) is 1. The zero-order valence-corrected chi connectivity index (χ0v) is 19.8. The maximum absolute atomic E-state index is 13.5. The third-order valence-electron chi connectivity index (χ3n) is 6.59. The van der Waals surface area contributed by atoms with Gasteiger partial charge in [0.15, 0.2) is 11.2 Å². The van der Waals surface area contributed by atoms with Gasteiger partial charge in [-0.2, -0.15) is 5.10 Å². The summed E-state index contributed by atoms with van der Waals surface area (Å²) in [7, 11) is 1.64. The maximum atomic E-state index is 13.5. The summed E-state index contributed by atoms with van der Waals surface area (Å²) in [6, 6.07) is 14.0. The summed E-state index contributed by atoms with van der Waals surface area (Å²) < 4.78 is 22.1. The lowest BCUT2D eigenvalue weighted by Gasteiger charge is -2.08. The van der Waals surface area contributed by atoms with Crippen LogP contribution in [0, 0.1) is 5.82 Å². The van der Waals surface area contributed by atoms with Gasteiger partial charge in [0, 0.05) is 29.8 Å². The summed E-state index contributed by atoms with van der Waals surface area (Å²) >= 11 is 0. The molecular weight excluding hydrogens is 459 g/mol. The van der Waals surface area contributed by atoms with Gasteiger partial charge in [-0.1, -0.05) is 19.1 Å². The van der Waals surface area contributed by atoms with E-state index in [2.05, 4.69) is 15.2 Å². The topological polar surface area (TPSA) is 90.1 Å². The van der Waals surface area contributed by atoms with E-state index in [0.29, 0.717) is 30.6 Å². The van der Waals surface area contributed by atoms with E-state index >= 15 is 0 Å². The molecule has 0 spiro atoms. The smallest absolute Gasteiger partial charge is 0.280 e. The van der Waals surface area contributed by atoms with Gasteiger partial charge >= 0.3 is 0 Å². The molecule has 0 radical (unpaired) electrons. The SMILES string of the molecule is CCc1nn2c(nnc3c(=O)n(CCc4c[nH]c5ccc(OC)cc45)ccc32)c1-c1ccc(F)cc1. The van der Waals surface area contributed by atoms with Gasteiger partial charge < -0.3 is 14.3 Å². The van der Waals surface area contributed by atoms with Crippen LogP contribution >= 0.6 is 0 Å². The number of methoxy groups -OCH3 is 1. The second-order valence-corrected chi connectivity index (χ2v) is 8.64. The van der Waals surface area contributed by atoms with E-state index < -0.39 is 0 Å². The molecule has 0 unspecified atom stereocenters. The third-order valence-corrected chi connectivity index (χ3v) is 6.59. The highest BCUT2D eigenvalue weighted by Crippen LogP contribution is 2.29. The molecule has 0 aliphatic carbocycles. The maximum Gasteiger partial charge on any atom is 0.280 e. The average molecular weight is 483 g/mol. The molecule has 0 aliphatic heterocycles. The van der Waals surface area contributed by atoms with Crippen molar-refractivity contribution in [1.82, 2.24) is 29.4 Å². The number of hydrogen-bond donors (Lipinski definition) is 1. The number of benzene rings is 2. The quantitative estimate of drug-likeness (QED) is 0.376. The Morgan fingerprint density at radius 2 is 1.92 bits per heavy atom. The number of pyridine rings is 1. The molecule has 0 fully saturated rings. The fourth-order valence-corrected chi connectivity index (χ4v) is 4.70. The molecule has 6 aromatic rings. The predicted octanol–water partition coefficient (Wildman–Crippen LogP) is 4.54. The van der Waals surface area contributed by atoms with E-state index in [1.165, 1.54) is 12.1 Å². The van der Waals surface area contributed by atoms with Gasteiger partial charge in [0.2, 0.25) is 0 Å². The van der Waals surface area contributed by atoms with Gasteiger partial charge in [-0.05, 0) is 60.4 Å². The van der Waals surface area contributed by atoms with Crippen LogP contribution in [0.3, 0.4) is 0 Å². The van der Waals surface area contributed by atoms with Crippen LogP contribution in [-0.4, -0.2) is 36.5 Å². The number of rotatable bonds is 6. The molecular formula is C27H23FN6O2. The summed E-state index contributed by atoms with van der Waals surface area (Å²) in [6.45, 7) is 2.48. The van der Waals surface area contributed by atoms with E-state index in [0.717, 1.165) is 39.0 Å². The van der Waals surface area contributed by atoms with Gasteiger partial charge in [-0.3, -0.25) is 4.79 Å². The van der Waals surface area contributed by atoms with Crippen molar-refractivity contribution in [3.8, 4) is 16.9 Å². The summed E-state index contributed by atoms with van der Waals surface area (Å²) in [4.78, 5) is 16.6. The van der Waals surface area contributed by atoms with E-state index in [9.17, 15) is 9.18 Å². The van der Waals surface area contributed by atoms with Crippen molar-refractivity contribution in [2.45, 2.75) is 26.3 Å². The van der Waals surface area contributed by atoms with Crippen LogP contribution in [0.25, 0.3) is 38.7 Å². The first-order valence-corrected chi connectivity index (χ1v) is 11.7. The number of halogens is 1. The van der Waals surface area contributed by atoms with Gasteiger partial charge in [-0.15, -0.1) is 10.2 Å². The highest BCUT2D eigenvalue weighted by Gasteiger charge is 2.19. The number of aromatic nitrogens is 6. The largest absolute Gasteiger partial charge is 0.497 e. The standard InChI is InChI=1S/C27H23FN6O2/c1-3-21-24(16-4-6-18(28)7-5-16)26-31-30-25-23(34(26)32-21)11-13-33(27(25)35)12-10-17-15-29-22-9-8-19(36-2)14-20(17)22/h4-9,11,13-15,29H,3,10,12H2,1-2H3. The Hall–Kier alpha value is -4.53. The molecule has 36 heavy (non-hydrogen) atoms. The molecule has 9 heteroatoms. The van der Waals surface area contributed by atoms with Crippen molar-refractivity contribution in [3.63, 3.8) is 0 Å². The lowest BCUT2D eigenvalue weighted by atomic mass is 10.0. The highest BCUT2D eigenvalue weighted by atomic mass is 19.1. The number of nitrogens with zero attached hydrogens (tertiary/aromatic N) is 5. The van der Waals surface area contributed by atoms with E-state index in [-0.39, 0.29) is 16.9 Å². The van der Waals surface area contributed by atoms with Crippen LogP contribution in [0.1, 0.15) is 18.2 Å². The van der Waals surface area contributed by atoms with Crippen LogP contribution in [0.2, 0.25) is 0 Å². The Labute approximate surface area is 205 Å². The van der Waals surface area contributed by atoms with Crippen molar-refractivity contribution in [2.75, 3.05) is 7.11 Å². The number of fused-ring (bicyclic) bond motifs is 4. The summed E-state index contributed by atoms with van der Waals surface area (Å²) in [5, 5.41) is 14.5. The molecule has 0 bridgehead atoms. The van der Waals surface area contributed by atoms with Crippen molar-refractivity contribution in [3.05, 3.63) is 88.4 Å².